The molecule has 6 aliphatic carbocycles. The van der Waals surface area contributed by atoms with Crippen molar-refractivity contribution in [3.8, 4) is 0 Å². The summed E-state index contributed by atoms with van der Waals surface area (Å²) >= 11 is 0. The van der Waals surface area contributed by atoms with Crippen LogP contribution in [0.2, 0.25) is 0 Å². The summed E-state index contributed by atoms with van der Waals surface area (Å²) < 4.78 is 0. The summed E-state index contributed by atoms with van der Waals surface area (Å²) in [6.07, 6.45) is 9.04. The molecular formula is C51H60N6O6. The Morgan fingerprint density at radius 1 is 0.365 bits per heavy atom. The number of rotatable bonds is 6. The zero-order valence-corrected chi connectivity index (χ0v) is 37.6. The molecule has 0 fully saturated rings. The zero-order valence-electron chi connectivity index (χ0n) is 37.6. The quantitative estimate of drug-likeness (QED) is 0.256. The van der Waals surface area contributed by atoms with Gasteiger partial charge in [-0.05, 0) is 94.8 Å². The number of dihydropyridines is 3. The normalized spacial score (nSPS) is 30.0. The molecule has 3 N–H and O–H groups in total. The first kappa shape index (κ1) is 41.9. The third-order valence-corrected chi connectivity index (χ3v) is 15.5. The highest BCUT2D eigenvalue weighted by Crippen LogP contribution is 2.50. The molecule has 1 aromatic heterocycles. The first-order chi connectivity index (χ1) is 30.2. The van der Waals surface area contributed by atoms with Crippen molar-refractivity contribution in [3.63, 3.8) is 0 Å². The fraction of sp³-hybridized carbons (Fsp3) is 0.588. The molecule has 63 heavy (non-hydrogen) atoms. The molecule has 0 radical (unpaired) electrons. The molecule has 0 saturated heterocycles. The Kier molecular flexibility index (Phi) is 10.5. The first-order valence-corrected chi connectivity index (χ1v) is 23.9. The number of ketones is 6. The molecule has 0 bridgehead atoms. The minimum atomic E-state index is -0.769. The lowest BCUT2D eigenvalue weighted by molar-refractivity contribution is -0.120. The lowest BCUT2D eigenvalue weighted by atomic mass is 9.67. The summed E-state index contributed by atoms with van der Waals surface area (Å²) in [5.74, 6) is -2.72. The van der Waals surface area contributed by atoms with Crippen LogP contribution >= 0.6 is 0 Å². The van der Waals surface area contributed by atoms with Gasteiger partial charge in [0.25, 0.3) is 0 Å². The number of nitrogens with one attached hydrogen (secondary N) is 3. The van der Waals surface area contributed by atoms with Gasteiger partial charge >= 0.3 is 0 Å². The molecule has 0 saturated carbocycles. The van der Waals surface area contributed by atoms with E-state index in [1.54, 1.807) is 0 Å². The predicted octanol–water partition coefficient (Wildman–Crippen LogP) is 7.62. The third kappa shape index (κ3) is 6.70. The van der Waals surface area contributed by atoms with Gasteiger partial charge in [-0.3, -0.25) is 28.8 Å². The molecule has 1 aromatic rings. The molecule has 0 aromatic carbocycles. The van der Waals surface area contributed by atoms with Crippen molar-refractivity contribution in [3.05, 3.63) is 85.1 Å². The lowest BCUT2D eigenvalue weighted by Gasteiger charge is -2.41. The summed E-state index contributed by atoms with van der Waals surface area (Å²) in [4.78, 5) is 101. The van der Waals surface area contributed by atoms with E-state index in [4.69, 9.17) is 15.0 Å². The van der Waals surface area contributed by atoms with E-state index in [0.29, 0.717) is 74.5 Å². The van der Waals surface area contributed by atoms with Gasteiger partial charge in [0.05, 0.1) is 17.8 Å². The summed E-state index contributed by atoms with van der Waals surface area (Å²) in [7, 11) is 0. The average molecular weight is 853 g/mol. The van der Waals surface area contributed by atoms with Crippen LogP contribution in [0.5, 0.6) is 0 Å². The van der Waals surface area contributed by atoms with Crippen LogP contribution in [0.15, 0.2) is 67.6 Å². The maximum Gasteiger partial charge on any atom is 0.171 e. The molecule has 12 heteroatoms. The monoisotopic (exact) mass is 852 g/mol. The first-order valence-electron chi connectivity index (χ1n) is 23.9. The minimum absolute atomic E-state index is 0.00430. The summed E-state index contributed by atoms with van der Waals surface area (Å²) in [5.41, 5.74) is 9.46. The van der Waals surface area contributed by atoms with Crippen LogP contribution in [0.25, 0.3) is 0 Å². The number of hydrogen-bond acceptors (Lipinski definition) is 12. The molecule has 330 valence electrons. The minimum Gasteiger partial charge on any atom is -0.362 e. The van der Waals surface area contributed by atoms with Crippen molar-refractivity contribution in [2.45, 2.75) is 156 Å². The van der Waals surface area contributed by atoms with E-state index in [1.807, 2.05) is 0 Å². The maximum absolute atomic E-state index is 15.1. The Morgan fingerprint density at radius 3 is 0.873 bits per heavy atom. The van der Waals surface area contributed by atoms with Crippen molar-refractivity contribution < 1.29 is 28.8 Å². The van der Waals surface area contributed by atoms with E-state index in [0.717, 1.165) is 89.4 Å². The SMILES string of the molecule is CC(C)C1C2=C(CCCC2=O)NC2=C1C(=O)C(c1nc(C3CCC4=C(C3=O)C(C(C)C)C3=C(CCCC3=O)N4)nc(C3CCC4=C(C3=O)C(C(C)C)C3=C(CCCC3=O)N4)n1)CC2. The number of nitrogens with zero attached hydrogens (tertiary/aromatic N) is 3. The molecule has 10 rings (SSSR count). The molecule has 6 unspecified atom stereocenters. The Bertz CT molecular complexity index is 2230. The second kappa shape index (κ2) is 15.8. The Labute approximate surface area is 369 Å². The molecule has 0 spiro atoms. The molecule has 3 aliphatic heterocycles. The van der Waals surface area contributed by atoms with Crippen molar-refractivity contribution in [1.82, 2.24) is 30.9 Å². The fourth-order valence-electron chi connectivity index (χ4n) is 12.8. The van der Waals surface area contributed by atoms with Crippen LogP contribution < -0.4 is 16.0 Å². The van der Waals surface area contributed by atoms with Crippen LogP contribution in [0.4, 0.5) is 0 Å². The summed E-state index contributed by atoms with van der Waals surface area (Å²) in [6, 6.07) is 0. The highest BCUT2D eigenvalue weighted by molar-refractivity contribution is 6.09. The maximum atomic E-state index is 15.1. The second-order valence-corrected chi connectivity index (χ2v) is 20.5. The predicted molar refractivity (Wildman–Crippen MR) is 234 cm³/mol. The van der Waals surface area contributed by atoms with Gasteiger partial charge in [-0.15, -0.1) is 0 Å². The van der Waals surface area contributed by atoms with Gasteiger partial charge in [-0.1, -0.05) is 41.5 Å². The van der Waals surface area contributed by atoms with E-state index < -0.39 is 17.8 Å². The van der Waals surface area contributed by atoms with Gasteiger partial charge in [0.2, 0.25) is 0 Å². The molecule has 9 aliphatic rings. The van der Waals surface area contributed by atoms with E-state index in [1.165, 1.54) is 0 Å². The summed E-state index contributed by atoms with van der Waals surface area (Å²) in [6.45, 7) is 12.4. The van der Waals surface area contributed by atoms with E-state index >= 15 is 14.4 Å². The fourth-order valence-corrected chi connectivity index (χ4v) is 12.8. The summed E-state index contributed by atoms with van der Waals surface area (Å²) in [5, 5.41) is 10.6. The number of allylic oxidation sites excluding steroid dienone is 12. The third-order valence-electron chi connectivity index (χ3n) is 15.5. The Balaban J connectivity index is 1.07. The standard InChI is InChI=1S/C51H60N6O6/c1-22(2)37-40-28(10-7-13-34(40)58)52-31-19-16-25(46(61)43(31)37)49-55-50(26-17-20-32-44(47(26)62)38(23(3)4)41-29(53-32)11-8-14-35(41)59)57-51(56-49)27-18-21-33-45(48(27)63)39(24(5)6)42-30(54-33)12-9-15-36(42)60/h22-27,37-39,52-54H,7-21H2,1-6H3. The van der Waals surface area contributed by atoms with Gasteiger partial charge in [-0.25, -0.2) is 15.0 Å². The highest BCUT2D eigenvalue weighted by Gasteiger charge is 2.49. The van der Waals surface area contributed by atoms with Gasteiger partial charge in [-0.2, -0.15) is 0 Å². The number of aromatic nitrogens is 3. The van der Waals surface area contributed by atoms with Gasteiger partial charge in [0, 0.05) is 105 Å². The van der Waals surface area contributed by atoms with Crippen molar-refractivity contribution in [1.29, 1.82) is 0 Å². The smallest absolute Gasteiger partial charge is 0.171 e. The zero-order chi connectivity index (χ0) is 44.2. The van der Waals surface area contributed by atoms with E-state index in [-0.39, 0.29) is 87.7 Å². The average Bonchev–Trinajstić information content (AvgIpc) is 3.24. The van der Waals surface area contributed by atoms with Gasteiger partial charge in [0.15, 0.2) is 34.7 Å². The van der Waals surface area contributed by atoms with Crippen molar-refractivity contribution in [2.24, 2.45) is 35.5 Å². The van der Waals surface area contributed by atoms with E-state index in [2.05, 4.69) is 57.5 Å². The van der Waals surface area contributed by atoms with Gasteiger partial charge in [0.1, 0.15) is 17.5 Å². The molecule has 6 atom stereocenters. The molecule has 4 heterocycles. The Morgan fingerprint density at radius 2 is 0.619 bits per heavy atom. The van der Waals surface area contributed by atoms with Crippen LogP contribution in [-0.2, 0) is 28.8 Å². The highest BCUT2D eigenvalue weighted by atomic mass is 16.1. The Hall–Kier alpha value is -5.13. The lowest BCUT2D eigenvalue weighted by Crippen LogP contribution is -2.42. The van der Waals surface area contributed by atoms with Crippen LogP contribution in [-0.4, -0.2) is 49.7 Å². The van der Waals surface area contributed by atoms with Crippen LogP contribution in [0.1, 0.15) is 173 Å². The molecule has 12 nitrogen and oxygen atoms in total. The second-order valence-electron chi connectivity index (χ2n) is 20.5. The number of carbonyl (C=O) groups excluding carboxylic acids is 6. The van der Waals surface area contributed by atoms with Gasteiger partial charge < -0.3 is 16.0 Å². The van der Waals surface area contributed by atoms with Crippen LogP contribution in [0.3, 0.4) is 0 Å². The van der Waals surface area contributed by atoms with Crippen LogP contribution in [0, 0.1) is 35.5 Å². The molecular weight excluding hydrogens is 793 g/mol. The van der Waals surface area contributed by atoms with Crippen molar-refractivity contribution in [2.75, 3.05) is 0 Å². The number of hydrogen-bond donors (Lipinski definition) is 3. The van der Waals surface area contributed by atoms with Crippen molar-refractivity contribution >= 4 is 34.7 Å². The number of carbonyl (C=O) groups is 6. The number of Topliss-reactive ketones (excluding diaryl/α,β-unsaturated/α-hetero) is 6. The van der Waals surface area contributed by atoms with E-state index in [9.17, 15) is 14.4 Å². The molecule has 0 amide bonds. The topological polar surface area (TPSA) is 177 Å². The largest absolute Gasteiger partial charge is 0.362 e.